The Bertz CT molecular complexity index is 584. The molecule has 3 N–H and O–H groups in total. The highest BCUT2D eigenvalue weighted by atomic mass is 16.3. The van der Waals surface area contributed by atoms with Crippen LogP contribution in [-0.2, 0) is 11.2 Å². The van der Waals surface area contributed by atoms with Gasteiger partial charge in [0.15, 0.2) is 0 Å². The predicted octanol–water partition coefficient (Wildman–Crippen LogP) is 2.17. The monoisotopic (exact) mass is 285 g/mol. The third-order valence-electron chi connectivity index (χ3n) is 3.33. The van der Waals surface area contributed by atoms with Crippen molar-refractivity contribution in [3.05, 3.63) is 65.7 Å². The van der Waals surface area contributed by atoms with E-state index in [1.54, 1.807) is 18.2 Å². The van der Waals surface area contributed by atoms with Gasteiger partial charge < -0.3 is 15.5 Å². The molecule has 2 aromatic carbocycles. The number of carbonyl (C=O) groups excluding carboxylic acids is 1. The highest BCUT2D eigenvalue weighted by Gasteiger charge is 2.13. The van der Waals surface area contributed by atoms with Gasteiger partial charge in [-0.2, -0.15) is 0 Å². The van der Waals surface area contributed by atoms with Gasteiger partial charge in [0.1, 0.15) is 5.75 Å². The molecular weight excluding hydrogens is 266 g/mol. The third-order valence-corrected chi connectivity index (χ3v) is 3.33. The van der Waals surface area contributed by atoms with Crippen LogP contribution < -0.4 is 5.32 Å². The molecule has 0 saturated heterocycles. The zero-order valence-corrected chi connectivity index (χ0v) is 11.7. The molecule has 21 heavy (non-hydrogen) atoms. The zero-order chi connectivity index (χ0) is 15.1. The molecule has 0 bridgehead atoms. The van der Waals surface area contributed by atoms with E-state index in [0.717, 1.165) is 11.1 Å². The molecule has 0 heterocycles. The molecule has 4 heteroatoms. The summed E-state index contributed by atoms with van der Waals surface area (Å²) in [4.78, 5) is 12.0. The molecule has 0 radical (unpaired) electrons. The van der Waals surface area contributed by atoms with Crippen LogP contribution in [0.15, 0.2) is 54.6 Å². The maximum Gasteiger partial charge on any atom is 0.220 e. The van der Waals surface area contributed by atoms with Crippen molar-refractivity contribution in [2.75, 3.05) is 6.61 Å². The van der Waals surface area contributed by atoms with Gasteiger partial charge in [0.05, 0.1) is 12.6 Å². The number of hydrogen-bond acceptors (Lipinski definition) is 3. The van der Waals surface area contributed by atoms with Gasteiger partial charge >= 0.3 is 0 Å². The lowest BCUT2D eigenvalue weighted by molar-refractivity contribution is -0.122. The minimum absolute atomic E-state index is 0.146. The zero-order valence-electron chi connectivity index (χ0n) is 11.7. The number of amides is 1. The topological polar surface area (TPSA) is 69.6 Å². The van der Waals surface area contributed by atoms with Crippen molar-refractivity contribution in [3.8, 4) is 5.75 Å². The highest BCUT2D eigenvalue weighted by Crippen LogP contribution is 2.17. The number of phenols is 1. The molecule has 0 saturated carbocycles. The largest absolute Gasteiger partial charge is 0.508 e. The lowest BCUT2D eigenvalue weighted by atomic mass is 10.1. The van der Waals surface area contributed by atoms with Crippen LogP contribution in [0.3, 0.4) is 0 Å². The van der Waals surface area contributed by atoms with Gasteiger partial charge in [-0.3, -0.25) is 4.79 Å². The lowest BCUT2D eigenvalue weighted by Crippen LogP contribution is -2.30. The SMILES string of the molecule is O=C(CCc1ccccc1O)NC(CO)c1ccccc1. The fourth-order valence-corrected chi connectivity index (χ4v) is 2.16. The number of para-hydroxylation sites is 1. The van der Waals surface area contributed by atoms with Crippen LogP contribution in [0, 0.1) is 0 Å². The predicted molar refractivity (Wildman–Crippen MR) is 80.8 cm³/mol. The first-order valence-corrected chi connectivity index (χ1v) is 6.92. The van der Waals surface area contributed by atoms with Gasteiger partial charge in [-0.1, -0.05) is 48.5 Å². The van der Waals surface area contributed by atoms with E-state index in [4.69, 9.17) is 0 Å². The van der Waals surface area contributed by atoms with Crippen LogP contribution in [0.25, 0.3) is 0 Å². The molecule has 2 aromatic rings. The maximum absolute atomic E-state index is 12.0. The molecule has 2 rings (SSSR count). The Labute approximate surface area is 124 Å². The van der Waals surface area contributed by atoms with Gasteiger partial charge in [0.2, 0.25) is 5.91 Å². The van der Waals surface area contributed by atoms with E-state index < -0.39 is 6.04 Å². The second-order valence-corrected chi connectivity index (χ2v) is 4.84. The first kappa shape index (κ1) is 15.1. The fraction of sp³-hybridized carbons (Fsp3) is 0.235. The molecule has 0 aliphatic rings. The molecule has 1 atom stereocenters. The first-order chi connectivity index (χ1) is 10.2. The molecule has 0 spiro atoms. The Balaban J connectivity index is 1.90. The van der Waals surface area contributed by atoms with Crippen LogP contribution in [0.2, 0.25) is 0 Å². The Morgan fingerprint density at radius 1 is 1.05 bits per heavy atom. The number of benzene rings is 2. The van der Waals surface area contributed by atoms with E-state index in [9.17, 15) is 15.0 Å². The van der Waals surface area contributed by atoms with E-state index in [1.165, 1.54) is 0 Å². The normalized spacial score (nSPS) is 11.9. The van der Waals surface area contributed by atoms with Crippen molar-refractivity contribution in [3.63, 3.8) is 0 Å². The standard InChI is InChI=1S/C17H19NO3/c19-12-15(13-6-2-1-3-7-13)18-17(21)11-10-14-8-4-5-9-16(14)20/h1-9,15,19-20H,10-12H2,(H,18,21). The van der Waals surface area contributed by atoms with Gasteiger partial charge in [-0.15, -0.1) is 0 Å². The maximum atomic E-state index is 12.0. The molecule has 4 nitrogen and oxygen atoms in total. The summed E-state index contributed by atoms with van der Waals surface area (Å²) < 4.78 is 0. The molecule has 1 unspecified atom stereocenters. The summed E-state index contributed by atoms with van der Waals surface area (Å²) in [5.41, 5.74) is 1.61. The van der Waals surface area contributed by atoms with Crippen LogP contribution in [0.5, 0.6) is 5.75 Å². The summed E-state index contributed by atoms with van der Waals surface area (Å²) in [6.45, 7) is -0.146. The summed E-state index contributed by atoms with van der Waals surface area (Å²) >= 11 is 0. The van der Waals surface area contributed by atoms with Crippen molar-refractivity contribution < 1.29 is 15.0 Å². The number of aryl methyl sites for hydroxylation is 1. The van der Waals surface area contributed by atoms with E-state index in [-0.39, 0.29) is 24.7 Å². The smallest absolute Gasteiger partial charge is 0.220 e. The van der Waals surface area contributed by atoms with Crippen LogP contribution in [0.4, 0.5) is 0 Å². The Morgan fingerprint density at radius 3 is 2.38 bits per heavy atom. The third kappa shape index (κ3) is 4.33. The first-order valence-electron chi connectivity index (χ1n) is 6.92. The number of aliphatic hydroxyl groups excluding tert-OH is 1. The molecule has 110 valence electrons. The molecule has 0 aliphatic carbocycles. The summed E-state index contributed by atoms with van der Waals surface area (Å²) in [7, 11) is 0. The summed E-state index contributed by atoms with van der Waals surface area (Å²) in [5, 5.41) is 21.9. The minimum atomic E-state index is -0.400. The molecular formula is C17H19NO3. The van der Waals surface area contributed by atoms with E-state index in [0.29, 0.717) is 6.42 Å². The van der Waals surface area contributed by atoms with Crippen LogP contribution in [0.1, 0.15) is 23.6 Å². The van der Waals surface area contributed by atoms with Crippen molar-refractivity contribution in [1.82, 2.24) is 5.32 Å². The second-order valence-electron chi connectivity index (χ2n) is 4.84. The number of nitrogens with one attached hydrogen (secondary N) is 1. The second kappa shape index (κ2) is 7.45. The Morgan fingerprint density at radius 2 is 1.71 bits per heavy atom. The number of aromatic hydroxyl groups is 1. The van der Waals surface area contributed by atoms with Crippen molar-refractivity contribution >= 4 is 5.91 Å². The average Bonchev–Trinajstić information content (AvgIpc) is 2.52. The lowest BCUT2D eigenvalue weighted by Gasteiger charge is -2.16. The van der Waals surface area contributed by atoms with Crippen LogP contribution in [-0.4, -0.2) is 22.7 Å². The molecule has 0 fully saturated rings. The minimum Gasteiger partial charge on any atom is -0.508 e. The molecule has 0 aliphatic heterocycles. The van der Waals surface area contributed by atoms with Gasteiger partial charge in [-0.25, -0.2) is 0 Å². The Kier molecular flexibility index (Phi) is 5.35. The average molecular weight is 285 g/mol. The number of aliphatic hydroxyl groups is 1. The number of rotatable bonds is 6. The van der Waals surface area contributed by atoms with E-state index in [1.807, 2.05) is 36.4 Å². The molecule has 1 amide bonds. The van der Waals surface area contributed by atoms with Gasteiger partial charge in [0.25, 0.3) is 0 Å². The van der Waals surface area contributed by atoms with E-state index in [2.05, 4.69) is 5.32 Å². The summed E-state index contributed by atoms with van der Waals surface area (Å²) in [6, 6.07) is 15.9. The van der Waals surface area contributed by atoms with Gasteiger partial charge in [-0.05, 0) is 23.6 Å². The number of hydrogen-bond donors (Lipinski definition) is 3. The highest BCUT2D eigenvalue weighted by molar-refractivity contribution is 5.76. The molecule has 0 aromatic heterocycles. The van der Waals surface area contributed by atoms with Crippen molar-refractivity contribution in [1.29, 1.82) is 0 Å². The fourth-order valence-electron chi connectivity index (χ4n) is 2.16. The number of phenolic OH excluding ortho intramolecular Hbond substituents is 1. The van der Waals surface area contributed by atoms with Crippen LogP contribution >= 0.6 is 0 Å². The van der Waals surface area contributed by atoms with Gasteiger partial charge in [0, 0.05) is 6.42 Å². The Hall–Kier alpha value is -2.33. The quantitative estimate of drug-likeness (QED) is 0.762. The summed E-state index contributed by atoms with van der Waals surface area (Å²) in [5.74, 6) is 0.0493. The summed E-state index contributed by atoms with van der Waals surface area (Å²) in [6.07, 6.45) is 0.729. The van der Waals surface area contributed by atoms with E-state index >= 15 is 0 Å². The van der Waals surface area contributed by atoms with Crippen molar-refractivity contribution in [2.45, 2.75) is 18.9 Å². The number of carbonyl (C=O) groups is 1. The van der Waals surface area contributed by atoms with Crippen molar-refractivity contribution in [2.24, 2.45) is 0 Å².